The van der Waals surface area contributed by atoms with E-state index in [1.54, 1.807) is 0 Å². The minimum Gasteiger partial charge on any atom is -0.457 e. The minimum atomic E-state index is -0.572. The molecule has 1 spiro atoms. The Bertz CT molecular complexity index is 2820. The molecule has 0 unspecified atom stereocenters. The van der Waals surface area contributed by atoms with Crippen LogP contribution in [0.4, 0.5) is 0 Å². The topological polar surface area (TPSA) is 47.9 Å². The summed E-state index contributed by atoms with van der Waals surface area (Å²) in [5.41, 5.74) is 11.8. The maximum absolute atomic E-state index is 6.63. The van der Waals surface area contributed by atoms with Crippen LogP contribution in [0.3, 0.4) is 0 Å². The predicted octanol–water partition coefficient (Wildman–Crippen LogP) is 12.2. The standard InChI is InChI=1S/C50H31N3O/c1-3-14-32(15-4-1)47-51-48(33-16-5-2-6-17-33)53-49(52-47)38-21-13-20-34(28-38)37-26-27-39-40-29-35-18-7-8-19-36(35)30-44(40)50(43(39)31-37)41-22-9-11-24-45(41)54-46-25-12-10-23-42(46)50/h1-31H. The Morgan fingerprint density at radius 1 is 0.315 bits per heavy atom. The van der Waals surface area contributed by atoms with Gasteiger partial charge in [0.25, 0.3) is 0 Å². The molecule has 0 bridgehead atoms. The van der Waals surface area contributed by atoms with E-state index in [1.165, 1.54) is 33.0 Å². The highest BCUT2D eigenvalue weighted by Crippen LogP contribution is 2.62. The first kappa shape index (κ1) is 30.5. The lowest BCUT2D eigenvalue weighted by Crippen LogP contribution is -2.32. The molecular formula is C50H31N3O. The summed E-state index contributed by atoms with van der Waals surface area (Å²) in [4.78, 5) is 15.0. The van der Waals surface area contributed by atoms with Gasteiger partial charge in [0.15, 0.2) is 17.5 Å². The van der Waals surface area contributed by atoms with Crippen LogP contribution in [0.5, 0.6) is 11.5 Å². The van der Waals surface area contributed by atoms with Crippen molar-refractivity contribution in [3.63, 3.8) is 0 Å². The van der Waals surface area contributed by atoms with Gasteiger partial charge in [0.1, 0.15) is 11.5 Å². The lowest BCUT2D eigenvalue weighted by atomic mass is 9.65. The molecule has 11 rings (SSSR count). The predicted molar refractivity (Wildman–Crippen MR) is 216 cm³/mol. The molecule has 0 amide bonds. The van der Waals surface area contributed by atoms with Crippen molar-refractivity contribution >= 4 is 10.8 Å². The fourth-order valence-electron chi connectivity index (χ4n) is 8.54. The molecule has 1 aliphatic carbocycles. The van der Waals surface area contributed by atoms with Gasteiger partial charge in [-0.05, 0) is 80.6 Å². The fourth-order valence-corrected chi connectivity index (χ4v) is 8.54. The van der Waals surface area contributed by atoms with Crippen molar-refractivity contribution in [3.8, 4) is 67.9 Å². The summed E-state index contributed by atoms with van der Waals surface area (Å²) in [6.45, 7) is 0. The van der Waals surface area contributed by atoms with Crippen LogP contribution in [0.25, 0.3) is 67.2 Å². The monoisotopic (exact) mass is 689 g/mol. The van der Waals surface area contributed by atoms with Gasteiger partial charge >= 0.3 is 0 Å². The largest absolute Gasteiger partial charge is 0.457 e. The number of hydrogen-bond acceptors (Lipinski definition) is 4. The van der Waals surface area contributed by atoms with Crippen molar-refractivity contribution in [1.29, 1.82) is 0 Å². The Morgan fingerprint density at radius 2 is 0.796 bits per heavy atom. The van der Waals surface area contributed by atoms with Crippen molar-refractivity contribution in [3.05, 3.63) is 210 Å². The summed E-state index contributed by atoms with van der Waals surface area (Å²) < 4.78 is 6.63. The van der Waals surface area contributed by atoms with E-state index in [2.05, 4.69) is 127 Å². The number of rotatable bonds is 4. The van der Waals surface area contributed by atoms with Crippen LogP contribution in [0.2, 0.25) is 0 Å². The van der Waals surface area contributed by atoms with Gasteiger partial charge in [-0.3, -0.25) is 0 Å². The molecule has 0 saturated heterocycles. The SMILES string of the molecule is c1ccc(-c2nc(-c3ccccc3)nc(-c3cccc(-c4ccc5c(c4)C4(c6ccccc6Oc6ccccc64)c4cc6ccccc6cc4-5)c3)n2)cc1. The van der Waals surface area contributed by atoms with Gasteiger partial charge in [-0.2, -0.15) is 0 Å². The molecule has 4 heteroatoms. The Kier molecular flexibility index (Phi) is 6.73. The molecule has 0 saturated carbocycles. The Labute approximate surface area is 313 Å². The molecule has 0 fully saturated rings. The van der Waals surface area contributed by atoms with Crippen LogP contribution >= 0.6 is 0 Å². The van der Waals surface area contributed by atoms with Crippen LogP contribution in [-0.4, -0.2) is 15.0 Å². The summed E-state index contributed by atoms with van der Waals surface area (Å²) in [7, 11) is 0. The summed E-state index contributed by atoms with van der Waals surface area (Å²) in [6, 6.07) is 66.3. The highest BCUT2D eigenvalue weighted by Gasteiger charge is 2.51. The molecule has 0 atom stereocenters. The maximum Gasteiger partial charge on any atom is 0.164 e. The number of aromatic nitrogens is 3. The van der Waals surface area contributed by atoms with E-state index in [1.807, 2.05) is 60.7 Å². The van der Waals surface area contributed by atoms with E-state index in [0.29, 0.717) is 17.5 Å². The van der Waals surface area contributed by atoms with Gasteiger partial charge in [-0.25, -0.2) is 15.0 Å². The van der Waals surface area contributed by atoms with Crippen molar-refractivity contribution in [2.75, 3.05) is 0 Å². The van der Waals surface area contributed by atoms with Crippen LogP contribution in [-0.2, 0) is 5.41 Å². The second kappa shape index (κ2) is 11.9. The molecular weight excluding hydrogens is 659 g/mol. The second-order valence-electron chi connectivity index (χ2n) is 14.0. The third kappa shape index (κ3) is 4.60. The van der Waals surface area contributed by atoms with Crippen LogP contribution in [0, 0.1) is 0 Å². The lowest BCUT2D eigenvalue weighted by molar-refractivity contribution is 0.436. The molecule has 9 aromatic rings. The van der Waals surface area contributed by atoms with E-state index in [-0.39, 0.29) is 0 Å². The van der Waals surface area contributed by atoms with Gasteiger partial charge < -0.3 is 4.74 Å². The number of para-hydroxylation sites is 2. The molecule has 54 heavy (non-hydrogen) atoms. The zero-order valence-electron chi connectivity index (χ0n) is 29.1. The second-order valence-corrected chi connectivity index (χ2v) is 14.0. The van der Waals surface area contributed by atoms with E-state index in [0.717, 1.165) is 50.4 Å². The molecule has 2 heterocycles. The molecule has 4 nitrogen and oxygen atoms in total. The van der Waals surface area contributed by atoms with Gasteiger partial charge in [0.05, 0.1) is 5.41 Å². The summed E-state index contributed by atoms with van der Waals surface area (Å²) in [5.74, 6) is 3.69. The average molecular weight is 690 g/mol. The Hall–Kier alpha value is -7.17. The number of ether oxygens (including phenoxy) is 1. The van der Waals surface area contributed by atoms with Crippen LogP contribution < -0.4 is 4.74 Å². The molecule has 2 aliphatic rings. The summed E-state index contributed by atoms with van der Waals surface area (Å²) in [5, 5.41) is 2.45. The first-order chi connectivity index (χ1) is 26.7. The Morgan fingerprint density at radius 3 is 1.44 bits per heavy atom. The number of benzene rings is 8. The highest BCUT2D eigenvalue weighted by molar-refractivity contribution is 5.97. The molecule has 1 aromatic heterocycles. The molecule has 0 N–H and O–H groups in total. The van der Waals surface area contributed by atoms with Gasteiger partial charge in [0, 0.05) is 27.8 Å². The minimum absolute atomic E-state index is 0.572. The van der Waals surface area contributed by atoms with Crippen LogP contribution in [0.1, 0.15) is 22.3 Å². The first-order valence-corrected chi connectivity index (χ1v) is 18.3. The smallest absolute Gasteiger partial charge is 0.164 e. The normalized spacial score (nSPS) is 13.1. The quantitative estimate of drug-likeness (QED) is 0.185. The number of fused-ring (bicyclic) bond motifs is 10. The Balaban J connectivity index is 1.12. The first-order valence-electron chi connectivity index (χ1n) is 18.3. The zero-order chi connectivity index (χ0) is 35.6. The van der Waals surface area contributed by atoms with Crippen LogP contribution in [0.15, 0.2) is 188 Å². The molecule has 252 valence electrons. The third-order valence-corrected chi connectivity index (χ3v) is 11.0. The molecule has 1 aliphatic heterocycles. The van der Waals surface area contributed by atoms with E-state index >= 15 is 0 Å². The highest BCUT2D eigenvalue weighted by atomic mass is 16.5. The van der Waals surface area contributed by atoms with Crippen molar-refractivity contribution in [2.45, 2.75) is 5.41 Å². The fraction of sp³-hybridized carbons (Fsp3) is 0.0200. The van der Waals surface area contributed by atoms with E-state index < -0.39 is 5.41 Å². The maximum atomic E-state index is 6.63. The van der Waals surface area contributed by atoms with Gasteiger partial charge in [-0.15, -0.1) is 0 Å². The van der Waals surface area contributed by atoms with Gasteiger partial charge in [0.2, 0.25) is 0 Å². The van der Waals surface area contributed by atoms with E-state index in [9.17, 15) is 0 Å². The van der Waals surface area contributed by atoms with Gasteiger partial charge in [-0.1, -0.05) is 152 Å². The van der Waals surface area contributed by atoms with E-state index in [4.69, 9.17) is 19.7 Å². The third-order valence-electron chi connectivity index (χ3n) is 11.0. The number of nitrogens with zero attached hydrogens (tertiary/aromatic N) is 3. The van der Waals surface area contributed by atoms with Crippen molar-refractivity contribution < 1.29 is 4.74 Å². The summed E-state index contributed by atoms with van der Waals surface area (Å²) >= 11 is 0. The van der Waals surface area contributed by atoms with Crippen molar-refractivity contribution in [1.82, 2.24) is 15.0 Å². The lowest BCUT2D eigenvalue weighted by Gasteiger charge is -2.39. The van der Waals surface area contributed by atoms with Crippen molar-refractivity contribution in [2.24, 2.45) is 0 Å². The average Bonchev–Trinajstić information content (AvgIpc) is 3.52. The zero-order valence-corrected chi connectivity index (χ0v) is 29.1. The summed E-state index contributed by atoms with van der Waals surface area (Å²) in [6.07, 6.45) is 0. The number of hydrogen-bond donors (Lipinski definition) is 0. The molecule has 0 radical (unpaired) electrons. The molecule has 8 aromatic carbocycles.